The van der Waals surface area contributed by atoms with Crippen LogP contribution in [-0.4, -0.2) is 74.5 Å². The Morgan fingerprint density at radius 3 is 0.500 bits per heavy atom. The summed E-state index contributed by atoms with van der Waals surface area (Å²) >= 11 is 0. The van der Waals surface area contributed by atoms with E-state index in [-0.39, 0.29) is 76.9 Å². The van der Waals surface area contributed by atoms with Crippen LogP contribution in [-0.2, 0) is 57.2 Å². The smallest absolute Gasteiger partial charge is 0.306 e. The van der Waals surface area contributed by atoms with E-state index in [1.807, 2.05) is 0 Å². The van der Waals surface area contributed by atoms with Gasteiger partial charge in [-0.1, -0.05) is 336 Å². The van der Waals surface area contributed by atoms with Crippen LogP contribution in [0.2, 0.25) is 0 Å². The highest BCUT2D eigenvalue weighted by atomic mass is 16.6. The maximum atomic E-state index is 13.0. The molecule has 0 spiro atoms. The molecule has 2 atom stereocenters. The van der Waals surface area contributed by atoms with Crippen molar-refractivity contribution in [2.45, 2.75) is 412 Å². The molecule has 0 aromatic heterocycles. The van der Waals surface area contributed by atoms with Gasteiger partial charge in [-0.2, -0.15) is 0 Å². The number of carbonyl (C=O) groups excluding carboxylic acids is 6. The summed E-state index contributed by atoms with van der Waals surface area (Å²) < 4.78 is 33.5. The monoisotopic (exact) mass is 1220 g/mol. The van der Waals surface area contributed by atoms with Gasteiger partial charge in [0.15, 0.2) is 12.2 Å². The molecular weight excluding hydrogens is 1080 g/mol. The van der Waals surface area contributed by atoms with Gasteiger partial charge in [-0.3, -0.25) is 28.8 Å². The van der Waals surface area contributed by atoms with Crippen molar-refractivity contribution >= 4 is 35.8 Å². The van der Waals surface area contributed by atoms with Crippen molar-refractivity contribution in [2.24, 2.45) is 0 Å². The summed E-state index contributed by atoms with van der Waals surface area (Å²) in [7, 11) is 0. The number of rotatable bonds is 69. The van der Waals surface area contributed by atoms with E-state index in [1.54, 1.807) is 0 Å². The molecule has 0 fully saturated rings. The van der Waals surface area contributed by atoms with Gasteiger partial charge in [0.25, 0.3) is 0 Å². The van der Waals surface area contributed by atoms with Crippen molar-refractivity contribution < 1.29 is 57.2 Å². The molecule has 0 aliphatic rings. The standard InChI is InChI=1S/C74H138O12/c1-5-9-13-17-21-25-29-33-37-41-45-49-53-57-69(75)81-63-67(85-73(79)59-55-51-47-43-39-35-31-27-23-19-15-11-7-3)65-83-71(77)61-62-72(78)84-66-68(86-74(80)60-56-52-48-44-40-36-32-28-24-20-16-12-8-4)64-82-70(76)58-54-50-46-42-38-34-30-26-22-18-14-10-6-2/h67-68H,5-66H2,1-4H3. The van der Waals surface area contributed by atoms with Gasteiger partial charge in [-0.25, -0.2) is 0 Å². The SMILES string of the molecule is CCCCCCCCCCCCCCCC(=O)OCC(COC(=O)CCC(=O)OCC(COC(=O)CCCCCCCCCCCCCCC)OC(=O)CCCCCCCCCCCCCCC)OC(=O)CCCCCCCCCCCCCCC. The van der Waals surface area contributed by atoms with Crippen molar-refractivity contribution in [2.75, 3.05) is 26.4 Å². The van der Waals surface area contributed by atoms with Gasteiger partial charge in [-0.05, 0) is 25.7 Å². The first-order chi connectivity index (χ1) is 42.1. The molecule has 0 heterocycles. The summed E-state index contributed by atoms with van der Waals surface area (Å²) in [5.41, 5.74) is 0. The first kappa shape index (κ1) is 82.8. The molecule has 506 valence electrons. The fourth-order valence-corrected chi connectivity index (χ4v) is 11.1. The lowest BCUT2D eigenvalue weighted by Gasteiger charge is -2.19. The third-order valence-corrected chi connectivity index (χ3v) is 16.8. The fourth-order valence-electron chi connectivity index (χ4n) is 11.1. The highest BCUT2D eigenvalue weighted by Gasteiger charge is 2.22. The average Bonchev–Trinajstić information content (AvgIpc) is 3.59. The number of carbonyl (C=O) groups is 6. The van der Waals surface area contributed by atoms with Crippen LogP contribution in [0.3, 0.4) is 0 Å². The largest absolute Gasteiger partial charge is 0.462 e. The number of hydrogen-bond acceptors (Lipinski definition) is 12. The molecule has 0 saturated heterocycles. The van der Waals surface area contributed by atoms with Crippen molar-refractivity contribution in [3.63, 3.8) is 0 Å². The van der Waals surface area contributed by atoms with Crippen LogP contribution in [0, 0.1) is 0 Å². The summed E-state index contributed by atoms with van der Waals surface area (Å²) in [6, 6.07) is 0. The molecule has 0 radical (unpaired) electrons. The van der Waals surface area contributed by atoms with Crippen LogP contribution in [0.1, 0.15) is 400 Å². The molecule has 0 aromatic rings. The third-order valence-electron chi connectivity index (χ3n) is 16.8. The Labute approximate surface area is 529 Å². The van der Waals surface area contributed by atoms with Crippen molar-refractivity contribution in [1.82, 2.24) is 0 Å². The maximum absolute atomic E-state index is 13.0. The minimum atomic E-state index is -0.988. The molecule has 12 nitrogen and oxygen atoms in total. The zero-order valence-corrected chi connectivity index (χ0v) is 56.9. The summed E-state index contributed by atoms with van der Waals surface area (Å²) in [6.45, 7) is 7.87. The van der Waals surface area contributed by atoms with Gasteiger partial charge in [-0.15, -0.1) is 0 Å². The highest BCUT2D eigenvalue weighted by Crippen LogP contribution is 2.19. The predicted octanol–water partition coefficient (Wildman–Crippen LogP) is 21.7. The summed E-state index contributed by atoms with van der Waals surface area (Å²) in [4.78, 5) is 77.6. The molecule has 12 heteroatoms. The van der Waals surface area contributed by atoms with Crippen LogP contribution in [0.4, 0.5) is 0 Å². The number of ether oxygens (including phenoxy) is 6. The van der Waals surface area contributed by atoms with Gasteiger partial charge < -0.3 is 28.4 Å². The number of esters is 6. The molecule has 0 bridgehead atoms. The van der Waals surface area contributed by atoms with E-state index in [2.05, 4.69) is 27.7 Å². The van der Waals surface area contributed by atoms with E-state index >= 15 is 0 Å². The van der Waals surface area contributed by atoms with Gasteiger partial charge >= 0.3 is 35.8 Å². The Balaban J connectivity index is 5.13. The highest BCUT2D eigenvalue weighted by molar-refractivity contribution is 5.78. The van der Waals surface area contributed by atoms with E-state index in [4.69, 9.17) is 28.4 Å². The molecule has 2 unspecified atom stereocenters. The van der Waals surface area contributed by atoms with E-state index < -0.39 is 36.1 Å². The Kier molecular flexibility index (Phi) is 65.2. The van der Waals surface area contributed by atoms with Crippen molar-refractivity contribution in [3.05, 3.63) is 0 Å². The van der Waals surface area contributed by atoms with E-state index in [1.165, 1.54) is 231 Å². The van der Waals surface area contributed by atoms with Crippen LogP contribution >= 0.6 is 0 Å². The zero-order chi connectivity index (χ0) is 62.7. The first-order valence-corrected chi connectivity index (χ1v) is 37.2. The zero-order valence-electron chi connectivity index (χ0n) is 56.9. The Morgan fingerprint density at radius 2 is 0.326 bits per heavy atom. The predicted molar refractivity (Wildman–Crippen MR) is 354 cm³/mol. The minimum Gasteiger partial charge on any atom is -0.462 e. The van der Waals surface area contributed by atoms with Crippen LogP contribution in [0.25, 0.3) is 0 Å². The normalized spacial score (nSPS) is 12.0. The van der Waals surface area contributed by atoms with Gasteiger partial charge in [0, 0.05) is 25.7 Å². The van der Waals surface area contributed by atoms with Gasteiger partial charge in [0.2, 0.25) is 0 Å². The molecular formula is C74H138O12. The Bertz CT molecular complexity index is 1410. The van der Waals surface area contributed by atoms with E-state index in [0.717, 1.165) is 89.9 Å². The third kappa shape index (κ3) is 63.8. The van der Waals surface area contributed by atoms with Crippen LogP contribution in [0.5, 0.6) is 0 Å². The number of unbranched alkanes of at least 4 members (excludes halogenated alkanes) is 48. The lowest BCUT2D eigenvalue weighted by Crippen LogP contribution is -2.31. The molecule has 0 aliphatic heterocycles. The Hall–Kier alpha value is -3.18. The minimum absolute atomic E-state index is 0.218. The summed E-state index contributed by atoms with van der Waals surface area (Å²) in [5.74, 6) is -3.05. The maximum Gasteiger partial charge on any atom is 0.306 e. The lowest BCUT2D eigenvalue weighted by molar-refractivity contribution is -0.168. The second-order valence-electron chi connectivity index (χ2n) is 25.4. The quantitative estimate of drug-likeness (QED) is 0.0323. The fraction of sp³-hybridized carbons (Fsp3) is 0.919. The summed E-state index contributed by atoms with van der Waals surface area (Å²) in [6.07, 6.45) is 60.7. The van der Waals surface area contributed by atoms with E-state index in [9.17, 15) is 28.8 Å². The molecule has 0 N–H and O–H groups in total. The van der Waals surface area contributed by atoms with Gasteiger partial charge in [0.1, 0.15) is 26.4 Å². The van der Waals surface area contributed by atoms with E-state index in [0.29, 0.717) is 12.8 Å². The second-order valence-corrected chi connectivity index (χ2v) is 25.4. The van der Waals surface area contributed by atoms with Gasteiger partial charge in [0.05, 0.1) is 12.8 Å². The first-order valence-electron chi connectivity index (χ1n) is 37.2. The number of hydrogen-bond donors (Lipinski definition) is 0. The average molecular weight is 1220 g/mol. The van der Waals surface area contributed by atoms with Crippen molar-refractivity contribution in [3.8, 4) is 0 Å². The molecule has 0 aliphatic carbocycles. The molecule has 0 amide bonds. The molecule has 0 rings (SSSR count). The van der Waals surface area contributed by atoms with Crippen molar-refractivity contribution in [1.29, 1.82) is 0 Å². The van der Waals surface area contributed by atoms with Crippen LogP contribution < -0.4 is 0 Å². The molecule has 86 heavy (non-hydrogen) atoms. The lowest BCUT2D eigenvalue weighted by atomic mass is 10.0. The topological polar surface area (TPSA) is 158 Å². The molecule has 0 aromatic carbocycles. The summed E-state index contributed by atoms with van der Waals surface area (Å²) in [5, 5.41) is 0. The molecule has 0 saturated carbocycles. The second kappa shape index (κ2) is 67.7. The van der Waals surface area contributed by atoms with Crippen LogP contribution in [0.15, 0.2) is 0 Å². The Morgan fingerprint density at radius 1 is 0.186 bits per heavy atom.